The van der Waals surface area contributed by atoms with Gasteiger partial charge in [-0.2, -0.15) is 5.10 Å². The number of hydrogen-bond acceptors (Lipinski definition) is 7. The third kappa shape index (κ3) is 3.90. The second-order valence-electron chi connectivity index (χ2n) is 7.61. The van der Waals surface area contributed by atoms with Crippen LogP contribution in [0.25, 0.3) is 22.2 Å². The molecular weight excluding hydrogens is 436 g/mol. The number of ether oxygens (including phenoxy) is 2. The Morgan fingerprint density at radius 1 is 1.09 bits per heavy atom. The summed E-state index contributed by atoms with van der Waals surface area (Å²) >= 11 is 0. The summed E-state index contributed by atoms with van der Waals surface area (Å²) in [4.78, 5) is 28.7. The van der Waals surface area contributed by atoms with Gasteiger partial charge in [-0.1, -0.05) is 42.5 Å². The lowest BCUT2D eigenvalue weighted by molar-refractivity contribution is -0.385. The Kier molecular flexibility index (Phi) is 5.35. The number of nitrogens with zero attached hydrogens (tertiary/aromatic N) is 3. The van der Waals surface area contributed by atoms with Gasteiger partial charge < -0.3 is 9.47 Å². The highest BCUT2D eigenvalue weighted by atomic mass is 16.7. The molecular formula is C25H18N4O5. The van der Waals surface area contributed by atoms with Crippen molar-refractivity contribution in [1.29, 1.82) is 0 Å². The van der Waals surface area contributed by atoms with Crippen LogP contribution in [-0.2, 0) is 0 Å². The average Bonchev–Trinajstić information content (AvgIpc) is 3.30. The molecule has 1 aliphatic heterocycles. The van der Waals surface area contributed by atoms with E-state index in [-0.39, 0.29) is 18.0 Å². The topological polar surface area (TPSA) is 116 Å². The molecule has 2 heterocycles. The van der Waals surface area contributed by atoms with Gasteiger partial charge in [-0.05, 0) is 30.7 Å². The number of nitro groups is 1. The van der Waals surface area contributed by atoms with Gasteiger partial charge in [0.1, 0.15) is 0 Å². The molecule has 1 aliphatic rings. The van der Waals surface area contributed by atoms with Crippen LogP contribution in [0, 0.1) is 17.0 Å². The van der Waals surface area contributed by atoms with Crippen molar-refractivity contribution in [2.75, 3.05) is 6.79 Å². The van der Waals surface area contributed by atoms with Crippen LogP contribution in [0.3, 0.4) is 0 Å². The minimum atomic E-state index is -0.546. The van der Waals surface area contributed by atoms with Gasteiger partial charge in [0.15, 0.2) is 11.5 Å². The lowest BCUT2D eigenvalue weighted by Crippen LogP contribution is -2.18. The Balaban J connectivity index is 1.48. The number of amides is 1. The average molecular weight is 454 g/mol. The first kappa shape index (κ1) is 21.1. The molecule has 0 unspecified atom stereocenters. The fourth-order valence-electron chi connectivity index (χ4n) is 3.79. The number of rotatable bonds is 5. The van der Waals surface area contributed by atoms with E-state index in [4.69, 9.17) is 14.5 Å². The normalized spacial score (nSPS) is 12.3. The van der Waals surface area contributed by atoms with Gasteiger partial charge in [0, 0.05) is 10.9 Å². The van der Waals surface area contributed by atoms with Gasteiger partial charge in [-0.15, -0.1) is 0 Å². The zero-order chi connectivity index (χ0) is 23.7. The number of carbonyl (C=O) groups is 1. The molecule has 0 radical (unpaired) electrons. The number of pyridine rings is 1. The zero-order valence-electron chi connectivity index (χ0n) is 18.0. The summed E-state index contributed by atoms with van der Waals surface area (Å²) in [6.45, 7) is 1.97. The summed E-state index contributed by atoms with van der Waals surface area (Å²) in [6.07, 6.45) is 1.21. The highest BCUT2D eigenvalue weighted by Gasteiger charge is 2.22. The Morgan fingerprint density at radius 3 is 2.62 bits per heavy atom. The van der Waals surface area contributed by atoms with E-state index in [2.05, 4.69) is 10.5 Å². The predicted octanol–water partition coefficient (Wildman–Crippen LogP) is 4.61. The number of fused-ring (bicyclic) bond motifs is 2. The third-order valence-corrected chi connectivity index (χ3v) is 5.47. The van der Waals surface area contributed by atoms with Gasteiger partial charge in [0.25, 0.3) is 11.6 Å². The Bertz CT molecular complexity index is 1480. The largest absolute Gasteiger partial charge is 0.454 e. The van der Waals surface area contributed by atoms with Crippen molar-refractivity contribution in [2.24, 2.45) is 5.10 Å². The molecule has 0 atom stereocenters. The number of hydrogen-bond donors (Lipinski definition) is 1. The maximum Gasteiger partial charge on any atom is 0.282 e. The molecule has 9 nitrogen and oxygen atoms in total. The van der Waals surface area contributed by atoms with E-state index in [0.29, 0.717) is 33.7 Å². The summed E-state index contributed by atoms with van der Waals surface area (Å²) < 4.78 is 10.5. The molecule has 1 N–H and O–H groups in total. The molecule has 0 saturated heterocycles. The van der Waals surface area contributed by atoms with Gasteiger partial charge in [0.2, 0.25) is 6.79 Å². The molecule has 1 amide bonds. The molecule has 0 saturated carbocycles. The highest BCUT2D eigenvalue weighted by Crippen LogP contribution is 2.37. The third-order valence-electron chi connectivity index (χ3n) is 5.47. The first-order valence-corrected chi connectivity index (χ1v) is 10.4. The van der Waals surface area contributed by atoms with E-state index >= 15 is 0 Å². The minimum absolute atomic E-state index is 0.0117. The molecule has 3 aromatic carbocycles. The molecule has 34 heavy (non-hydrogen) atoms. The van der Waals surface area contributed by atoms with Crippen molar-refractivity contribution in [1.82, 2.24) is 10.4 Å². The summed E-state index contributed by atoms with van der Waals surface area (Å²) in [5.74, 6) is 0.203. The first-order chi connectivity index (χ1) is 16.5. The molecule has 4 aromatic rings. The van der Waals surface area contributed by atoms with Crippen LogP contribution in [0.15, 0.2) is 71.8 Å². The van der Waals surface area contributed by atoms with Crippen LogP contribution in [0.1, 0.15) is 21.5 Å². The second kappa shape index (κ2) is 8.62. The lowest BCUT2D eigenvalue weighted by atomic mass is 10.0. The second-order valence-corrected chi connectivity index (χ2v) is 7.61. The monoisotopic (exact) mass is 454 g/mol. The van der Waals surface area contributed by atoms with Crippen LogP contribution < -0.4 is 14.9 Å². The fourth-order valence-corrected chi connectivity index (χ4v) is 3.79. The Hall–Kier alpha value is -4.79. The standard InChI is InChI=1S/C25H18N4O5/c1-15-6-2-3-7-17(15)21-11-19(18-8-4-5-9-20(18)27-21)25(30)28-26-13-16-10-23-24(34-14-33-23)12-22(16)29(31)32/h2-13H,14H2,1H3,(H,28,30). The van der Waals surface area contributed by atoms with Crippen LogP contribution in [0.4, 0.5) is 5.69 Å². The minimum Gasteiger partial charge on any atom is -0.454 e. The molecule has 168 valence electrons. The fraction of sp³-hybridized carbons (Fsp3) is 0.0800. The van der Waals surface area contributed by atoms with Crippen LogP contribution >= 0.6 is 0 Å². The van der Waals surface area contributed by atoms with Crippen molar-refractivity contribution in [3.63, 3.8) is 0 Å². The first-order valence-electron chi connectivity index (χ1n) is 10.4. The number of nitrogens with one attached hydrogen (secondary N) is 1. The smallest absolute Gasteiger partial charge is 0.282 e. The van der Waals surface area contributed by atoms with Gasteiger partial charge in [0.05, 0.1) is 39.5 Å². The lowest BCUT2D eigenvalue weighted by Gasteiger charge is -2.10. The number of para-hydroxylation sites is 1. The Labute approximate surface area is 193 Å². The predicted molar refractivity (Wildman–Crippen MR) is 126 cm³/mol. The van der Waals surface area contributed by atoms with Crippen LogP contribution in [0.5, 0.6) is 11.5 Å². The molecule has 1 aromatic heterocycles. The zero-order valence-corrected chi connectivity index (χ0v) is 18.0. The quantitative estimate of drug-likeness (QED) is 0.267. The summed E-state index contributed by atoms with van der Waals surface area (Å²) in [5.41, 5.74) is 6.12. The number of hydrazone groups is 1. The van der Waals surface area contributed by atoms with Crippen molar-refractivity contribution in [3.05, 3.63) is 93.5 Å². The molecule has 0 bridgehead atoms. The van der Waals surface area contributed by atoms with Crippen molar-refractivity contribution in [3.8, 4) is 22.8 Å². The maximum absolute atomic E-state index is 13.1. The maximum atomic E-state index is 13.1. The molecule has 0 aliphatic carbocycles. The van der Waals surface area contributed by atoms with E-state index in [9.17, 15) is 14.9 Å². The van der Waals surface area contributed by atoms with E-state index < -0.39 is 10.8 Å². The summed E-state index contributed by atoms with van der Waals surface area (Å²) in [6, 6.07) is 19.6. The van der Waals surface area contributed by atoms with E-state index in [1.807, 2.05) is 55.5 Å². The molecule has 5 rings (SSSR count). The van der Waals surface area contributed by atoms with Crippen molar-refractivity contribution < 1.29 is 19.2 Å². The number of benzene rings is 3. The molecule has 0 spiro atoms. The van der Waals surface area contributed by atoms with Crippen LogP contribution in [-0.4, -0.2) is 28.8 Å². The molecule has 0 fully saturated rings. The molecule has 9 heteroatoms. The number of aryl methyl sites for hydroxylation is 1. The van der Waals surface area contributed by atoms with Gasteiger partial charge >= 0.3 is 0 Å². The van der Waals surface area contributed by atoms with Gasteiger partial charge in [-0.3, -0.25) is 14.9 Å². The Morgan fingerprint density at radius 2 is 1.82 bits per heavy atom. The highest BCUT2D eigenvalue weighted by molar-refractivity contribution is 6.07. The van der Waals surface area contributed by atoms with Crippen molar-refractivity contribution >= 4 is 28.7 Å². The van der Waals surface area contributed by atoms with E-state index in [1.54, 1.807) is 6.07 Å². The van der Waals surface area contributed by atoms with Crippen LogP contribution in [0.2, 0.25) is 0 Å². The SMILES string of the molecule is Cc1ccccc1-c1cc(C(=O)NN=Cc2cc3c(cc2[N+](=O)[O-])OCO3)c2ccccc2n1. The van der Waals surface area contributed by atoms with E-state index in [0.717, 1.165) is 11.1 Å². The van der Waals surface area contributed by atoms with Crippen molar-refractivity contribution in [2.45, 2.75) is 6.92 Å². The van der Waals surface area contributed by atoms with E-state index in [1.165, 1.54) is 18.3 Å². The summed E-state index contributed by atoms with van der Waals surface area (Å²) in [5, 5.41) is 16.1. The van der Waals surface area contributed by atoms with Gasteiger partial charge in [-0.25, -0.2) is 10.4 Å². The summed E-state index contributed by atoms with van der Waals surface area (Å²) in [7, 11) is 0. The number of nitro benzene ring substituents is 1. The number of carbonyl (C=O) groups excluding carboxylic acids is 1. The number of aromatic nitrogens is 1.